The van der Waals surface area contributed by atoms with Crippen molar-refractivity contribution in [2.24, 2.45) is 5.92 Å². The second kappa shape index (κ2) is 9.56. The number of rotatable bonds is 7. The van der Waals surface area contributed by atoms with Crippen LogP contribution in [0.25, 0.3) is 11.1 Å². The molecule has 1 fully saturated rings. The molecule has 7 heteroatoms. The van der Waals surface area contributed by atoms with Gasteiger partial charge >= 0.3 is 12.1 Å². The number of amides is 2. The number of alkyl carbamates (subject to hydrolysis) is 1. The normalized spacial score (nSPS) is 21.8. The molecule has 2 amide bonds. The van der Waals surface area contributed by atoms with Crippen molar-refractivity contribution in [1.29, 1.82) is 0 Å². The molecule has 0 saturated heterocycles. The molecule has 3 N–H and O–H groups in total. The number of benzene rings is 2. The fourth-order valence-electron chi connectivity index (χ4n) is 5.60. The Hall–Kier alpha value is -3.61. The highest BCUT2D eigenvalue weighted by Gasteiger charge is 2.41. The van der Waals surface area contributed by atoms with Crippen LogP contribution in [0.4, 0.5) is 4.79 Å². The zero-order valence-electron chi connectivity index (χ0n) is 19.5. The third-order valence-corrected chi connectivity index (χ3v) is 7.53. The minimum atomic E-state index is -0.900. The molecule has 5 rings (SSSR count). The van der Waals surface area contributed by atoms with E-state index >= 15 is 0 Å². The first-order valence-corrected chi connectivity index (χ1v) is 12.3. The second-order valence-electron chi connectivity index (χ2n) is 9.87. The lowest BCUT2D eigenvalue weighted by Crippen LogP contribution is -2.56. The average Bonchev–Trinajstić information content (AvgIpc) is 3.15. The van der Waals surface area contributed by atoms with Crippen molar-refractivity contribution in [3.8, 4) is 11.1 Å². The van der Waals surface area contributed by atoms with E-state index in [1.165, 1.54) is 11.1 Å². The Morgan fingerprint density at radius 2 is 1.66 bits per heavy atom. The van der Waals surface area contributed by atoms with Gasteiger partial charge in [-0.3, -0.25) is 9.59 Å². The lowest BCUT2D eigenvalue weighted by Gasteiger charge is -2.42. The number of fused-ring (bicyclic) bond motifs is 3. The molecule has 3 aliphatic rings. The largest absolute Gasteiger partial charge is 0.481 e. The van der Waals surface area contributed by atoms with Crippen molar-refractivity contribution in [3.05, 3.63) is 71.8 Å². The van der Waals surface area contributed by atoms with Gasteiger partial charge in [0.05, 0.1) is 18.0 Å². The maximum absolute atomic E-state index is 12.9. The van der Waals surface area contributed by atoms with Gasteiger partial charge < -0.3 is 20.5 Å². The number of nitrogens with one attached hydrogen (secondary N) is 2. The van der Waals surface area contributed by atoms with Crippen LogP contribution in [0.2, 0.25) is 0 Å². The standard InChI is InChI=1S/C28H30N2O5/c31-25(32)16-28(13-6-14-28)30-26(33)18-7-5-8-19(15-18)29-27(34)35-17-24-22-11-3-1-9-20(22)21-10-2-4-12-23(21)24/h1-5,8-12,18-19,24H,6-7,13-17H2,(H,29,34)(H,30,33)(H,31,32). The van der Waals surface area contributed by atoms with Gasteiger partial charge in [-0.15, -0.1) is 0 Å². The van der Waals surface area contributed by atoms with Gasteiger partial charge in [-0.1, -0.05) is 60.7 Å². The number of carbonyl (C=O) groups is 3. The first-order chi connectivity index (χ1) is 16.9. The van der Waals surface area contributed by atoms with E-state index in [4.69, 9.17) is 4.74 Å². The van der Waals surface area contributed by atoms with Gasteiger partial charge in [0.15, 0.2) is 0 Å². The maximum atomic E-state index is 12.9. The minimum absolute atomic E-state index is 0.0125. The number of hydrogen-bond donors (Lipinski definition) is 3. The smallest absolute Gasteiger partial charge is 0.407 e. The minimum Gasteiger partial charge on any atom is -0.481 e. The van der Waals surface area contributed by atoms with E-state index in [0.29, 0.717) is 25.7 Å². The lowest BCUT2D eigenvalue weighted by molar-refractivity contribution is -0.141. The van der Waals surface area contributed by atoms with E-state index in [-0.39, 0.29) is 36.8 Å². The molecule has 35 heavy (non-hydrogen) atoms. The quantitative estimate of drug-likeness (QED) is 0.517. The van der Waals surface area contributed by atoms with Gasteiger partial charge in [0, 0.05) is 11.8 Å². The molecule has 2 aromatic carbocycles. The molecule has 0 heterocycles. The number of hydrogen-bond acceptors (Lipinski definition) is 4. The van der Waals surface area contributed by atoms with E-state index in [9.17, 15) is 19.5 Å². The van der Waals surface area contributed by atoms with Crippen molar-refractivity contribution in [3.63, 3.8) is 0 Å². The van der Waals surface area contributed by atoms with Crippen LogP contribution in [-0.4, -0.2) is 41.3 Å². The number of carboxylic acids is 1. The monoisotopic (exact) mass is 474 g/mol. The number of allylic oxidation sites excluding steroid dienone is 1. The van der Waals surface area contributed by atoms with E-state index in [2.05, 4.69) is 34.9 Å². The van der Waals surface area contributed by atoms with Crippen molar-refractivity contribution in [1.82, 2.24) is 10.6 Å². The van der Waals surface area contributed by atoms with Crippen LogP contribution in [0, 0.1) is 5.92 Å². The summed E-state index contributed by atoms with van der Waals surface area (Å²) in [5.41, 5.74) is 4.03. The van der Waals surface area contributed by atoms with Crippen LogP contribution in [0.1, 0.15) is 55.6 Å². The lowest BCUT2D eigenvalue weighted by atomic mass is 9.73. The Balaban J connectivity index is 1.16. The Morgan fingerprint density at radius 3 is 2.26 bits per heavy atom. The summed E-state index contributed by atoms with van der Waals surface area (Å²) in [5.74, 6) is -1.37. The highest BCUT2D eigenvalue weighted by atomic mass is 16.5. The molecular weight excluding hydrogens is 444 g/mol. The zero-order chi connectivity index (χ0) is 24.4. The van der Waals surface area contributed by atoms with E-state index in [1.54, 1.807) is 0 Å². The summed E-state index contributed by atoms with van der Waals surface area (Å²) in [5, 5.41) is 15.1. The van der Waals surface area contributed by atoms with Crippen molar-refractivity contribution < 1.29 is 24.2 Å². The predicted octanol–water partition coefficient (Wildman–Crippen LogP) is 4.37. The molecule has 0 radical (unpaired) electrons. The molecule has 2 unspecified atom stereocenters. The van der Waals surface area contributed by atoms with Gasteiger partial charge in [0.25, 0.3) is 0 Å². The van der Waals surface area contributed by atoms with Crippen LogP contribution in [0.3, 0.4) is 0 Å². The first kappa shape index (κ1) is 23.1. The summed E-state index contributed by atoms with van der Waals surface area (Å²) >= 11 is 0. The number of ether oxygens (including phenoxy) is 1. The van der Waals surface area contributed by atoms with Crippen molar-refractivity contribution >= 4 is 18.0 Å². The van der Waals surface area contributed by atoms with Gasteiger partial charge in [-0.25, -0.2) is 4.79 Å². The number of carboxylic acid groups (broad SMARTS) is 1. The van der Waals surface area contributed by atoms with Gasteiger partial charge in [0.1, 0.15) is 6.61 Å². The maximum Gasteiger partial charge on any atom is 0.407 e. The van der Waals surface area contributed by atoms with Crippen LogP contribution >= 0.6 is 0 Å². The summed E-state index contributed by atoms with van der Waals surface area (Å²) in [6.45, 7) is 0.234. The molecular formula is C28H30N2O5. The summed E-state index contributed by atoms with van der Waals surface area (Å²) in [7, 11) is 0. The van der Waals surface area contributed by atoms with Gasteiger partial charge in [-0.2, -0.15) is 0 Å². The molecule has 0 spiro atoms. The van der Waals surface area contributed by atoms with Gasteiger partial charge in [0.2, 0.25) is 5.91 Å². The van der Waals surface area contributed by atoms with Crippen molar-refractivity contribution in [2.45, 2.75) is 56.0 Å². The molecule has 2 atom stereocenters. The third kappa shape index (κ3) is 4.81. The SMILES string of the molecule is O=C(O)CC1(NC(=O)C2CC=CC(NC(=O)OCC3c4ccccc4-c4ccccc43)C2)CCC1. The molecule has 0 aromatic heterocycles. The predicted molar refractivity (Wildman–Crippen MR) is 131 cm³/mol. The Kier molecular flexibility index (Phi) is 6.32. The number of aliphatic carboxylic acids is 1. The molecule has 3 aliphatic carbocycles. The molecule has 0 aliphatic heterocycles. The van der Waals surface area contributed by atoms with Crippen LogP contribution in [-0.2, 0) is 14.3 Å². The van der Waals surface area contributed by atoms with Crippen LogP contribution in [0.5, 0.6) is 0 Å². The molecule has 2 aromatic rings. The van der Waals surface area contributed by atoms with Crippen LogP contribution < -0.4 is 10.6 Å². The average molecular weight is 475 g/mol. The topological polar surface area (TPSA) is 105 Å². The zero-order valence-corrected chi connectivity index (χ0v) is 19.5. The summed E-state index contributed by atoms with van der Waals surface area (Å²) in [4.78, 5) is 36.7. The fourth-order valence-corrected chi connectivity index (χ4v) is 5.60. The summed E-state index contributed by atoms with van der Waals surface area (Å²) in [6.07, 6.45) is 6.54. The highest BCUT2D eigenvalue weighted by Crippen LogP contribution is 2.44. The second-order valence-corrected chi connectivity index (χ2v) is 9.87. The Labute approximate surface area is 204 Å². The van der Waals surface area contributed by atoms with E-state index in [0.717, 1.165) is 17.5 Å². The Morgan fingerprint density at radius 1 is 1.00 bits per heavy atom. The Bertz CT molecular complexity index is 1120. The highest BCUT2D eigenvalue weighted by molar-refractivity contribution is 5.82. The molecule has 1 saturated carbocycles. The third-order valence-electron chi connectivity index (χ3n) is 7.53. The van der Waals surface area contributed by atoms with Crippen LogP contribution in [0.15, 0.2) is 60.7 Å². The fraction of sp³-hybridized carbons (Fsp3) is 0.393. The van der Waals surface area contributed by atoms with E-state index < -0.39 is 17.6 Å². The van der Waals surface area contributed by atoms with Crippen molar-refractivity contribution in [2.75, 3.05) is 6.61 Å². The molecule has 0 bridgehead atoms. The first-order valence-electron chi connectivity index (χ1n) is 12.3. The number of carbonyl (C=O) groups excluding carboxylic acids is 2. The molecule has 7 nitrogen and oxygen atoms in total. The summed E-state index contributed by atoms with van der Waals surface area (Å²) < 4.78 is 5.64. The van der Waals surface area contributed by atoms with Gasteiger partial charge in [-0.05, 0) is 54.4 Å². The van der Waals surface area contributed by atoms with E-state index in [1.807, 2.05) is 36.4 Å². The molecule has 182 valence electrons. The summed E-state index contributed by atoms with van der Waals surface area (Å²) in [6, 6.07) is 16.1.